The number of halogens is 1. The van der Waals surface area contributed by atoms with Gasteiger partial charge in [-0.3, -0.25) is 19.7 Å². The number of amides is 1. The quantitative estimate of drug-likeness (QED) is 0.492. The van der Waals surface area contributed by atoms with Crippen LogP contribution < -0.4 is 10.1 Å². The molecule has 2 rings (SSSR count). The molecule has 0 heterocycles. The number of rotatable bonds is 6. The van der Waals surface area contributed by atoms with Crippen molar-refractivity contribution in [3.63, 3.8) is 0 Å². The number of nitrogens with zero attached hydrogens (tertiary/aromatic N) is 1. The molecule has 0 aliphatic carbocycles. The van der Waals surface area contributed by atoms with Crippen LogP contribution in [-0.4, -0.2) is 23.2 Å². The first-order chi connectivity index (χ1) is 11.8. The van der Waals surface area contributed by atoms with Crippen molar-refractivity contribution in [2.45, 2.75) is 20.0 Å². The van der Waals surface area contributed by atoms with E-state index in [0.29, 0.717) is 11.8 Å². The lowest BCUT2D eigenvalue weighted by molar-refractivity contribution is -0.386. The number of carbonyl (C=O) groups is 2. The number of benzene rings is 2. The lowest BCUT2D eigenvalue weighted by Crippen LogP contribution is -2.30. The molecule has 2 aromatic rings. The summed E-state index contributed by atoms with van der Waals surface area (Å²) in [6, 6.07) is 7.86. The molecule has 0 aliphatic heterocycles. The lowest BCUT2D eigenvalue weighted by Gasteiger charge is -2.15. The van der Waals surface area contributed by atoms with Crippen molar-refractivity contribution in [2.24, 2.45) is 0 Å². The van der Waals surface area contributed by atoms with Crippen LogP contribution in [0.4, 0.5) is 15.8 Å². The smallest absolute Gasteiger partial charge is 0.311 e. The van der Waals surface area contributed by atoms with Gasteiger partial charge in [0.15, 0.2) is 11.9 Å². The Labute approximate surface area is 142 Å². The molecule has 0 aromatic heterocycles. The van der Waals surface area contributed by atoms with Crippen LogP contribution in [0.5, 0.6) is 5.75 Å². The van der Waals surface area contributed by atoms with Gasteiger partial charge in [0.1, 0.15) is 12.1 Å². The van der Waals surface area contributed by atoms with Crippen LogP contribution in [0.15, 0.2) is 36.4 Å². The molecule has 130 valence electrons. The van der Waals surface area contributed by atoms with Gasteiger partial charge in [0, 0.05) is 17.3 Å². The maximum absolute atomic E-state index is 13.5. The summed E-state index contributed by atoms with van der Waals surface area (Å²) in [7, 11) is 0. The van der Waals surface area contributed by atoms with Gasteiger partial charge in [0.05, 0.1) is 4.92 Å². The summed E-state index contributed by atoms with van der Waals surface area (Å²) in [6.07, 6.45) is -0.607. The zero-order chi connectivity index (χ0) is 18.6. The molecule has 0 spiro atoms. The second kappa shape index (κ2) is 7.52. The third-order valence-corrected chi connectivity index (χ3v) is 3.43. The van der Waals surface area contributed by atoms with E-state index >= 15 is 0 Å². The van der Waals surface area contributed by atoms with Crippen molar-refractivity contribution in [1.82, 2.24) is 0 Å². The number of anilines is 1. The maximum Gasteiger partial charge on any atom is 0.311 e. The van der Waals surface area contributed by atoms with Gasteiger partial charge in [-0.15, -0.1) is 0 Å². The standard InChI is InChI=1S/C17H15FN2O5/c1-10-3-5-13(8-14(10)18)19-17(22)11(2)25-16-6-4-12(9-21)7-15(16)20(23)24/h3-9,11H,1-2H3,(H,19,22)/t11-/m1/s1. The number of hydrogen-bond donors (Lipinski definition) is 1. The Bertz CT molecular complexity index is 838. The van der Waals surface area contributed by atoms with E-state index in [9.17, 15) is 24.1 Å². The highest BCUT2D eigenvalue weighted by molar-refractivity contribution is 5.94. The first-order valence-corrected chi connectivity index (χ1v) is 7.29. The van der Waals surface area contributed by atoms with Crippen LogP contribution in [0.25, 0.3) is 0 Å². The molecule has 0 bridgehead atoms. The minimum absolute atomic E-state index is 0.117. The van der Waals surface area contributed by atoms with Crippen molar-refractivity contribution >= 4 is 23.6 Å². The zero-order valence-electron chi connectivity index (χ0n) is 13.5. The van der Waals surface area contributed by atoms with Gasteiger partial charge in [-0.1, -0.05) is 6.07 Å². The number of aldehydes is 1. The van der Waals surface area contributed by atoms with Crippen LogP contribution in [0.3, 0.4) is 0 Å². The molecule has 8 heteroatoms. The summed E-state index contributed by atoms with van der Waals surface area (Å²) in [6.45, 7) is 2.99. The van der Waals surface area contributed by atoms with Gasteiger partial charge in [-0.05, 0) is 43.7 Å². The van der Waals surface area contributed by atoms with Gasteiger partial charge < -0.3 is 10.1 Å². The molecule has 1 amide bonds. The number of ether oxygens (including phenoxy) is 1. The SMILES string of the molecule is Cc1ccc(NC(=O)[C@@H](C)Oc2ccc(C=O)cc2[N+](=O)[O-])cc1F. The maximum atomic E-state index is 13.5. The van der Waals surface area contributed by atoms with Gasteiger partial charge in [-0.2, -0.15) is 0 Å². The van der Waals surface area contributed by atoms with E-state index in [4.69, 9.17) is 4.74 Å². The van der Waals surface area contributed by atoms with E-state index in [0.717, 1.165) is 6.07 Å². The van der Waals surface area contributed by atoms with Crippen molar-refractivity contribution in [2.75, 3.05) is 5.32 Å². The number of hydrogen-bond acceptors (Lipinski definition) is 5. The van der Waals surface area contributed by atoms with Crippen LogP contribution in [0, 0.1) is 22.9 Å². The summed E-state index contributed by atoms with van der Waals surface area (Å²) in [4.78, 5) is 33.2. The number of aryl methyl sites for hydroxylation is 1. The molecule has 0 saturated heterocycles. The molecule has 0 aliphatic rings. The lowest BCUT2D eigenvalue weighted by atomic mass is 10.2. The van der Waals surface area contributed by atoms with Crippen LogP contribution in [0.1, 0.15) is 22.8 Å². The van der Waals surface area contributed by atoms with Crippen molar-refractivity contribution in [1.29, 1.82) is 0 Å². The number of carbonyl (C=O) groups excluding carboxylic acids is 2. The van der Waals surface area contributed by atoms with E-state index in [2.05, 4.69) is 5.32 Å². The topological polar surface area (TPSA) is 98.5 Å². The Morgan fingerprint density at radius 1 is 1.32 bits per heavy atom. The molecule has 0 fully saturated rings. The average Bonchev–Trinajstić information content (AvgIpc) is 2.58. The van der Waals surface area contributed by atoms with Gasteiger partial charge >= 0.3 is 5.69 Å². The predicted molar refractivity (Wildman–Crippen MR) is 88.3 cm³/mol. The summed E-state index contributed by atoms with van der Waals surface area (Å²) in [5, 5.41) is 13.5. The molecule has 1 N–H and O–H groups in total. The Kier molecular flexibility index (Phi) is 5.43. The first kappa shape index (κ1) is 18.1. The molecule has 25 heavy (non-hydrogen) atoms. The normalized spacial score (nSPS) is 11.5. The number of nitrogens with one attached hydrogen (secondary N) is 1. The predicted octanol–water partition coefficient (Wildman–Crippen LogP) is 3.26. The van der Waals surface area contributed by atoms with Gasteiger partial charge in [-0.25, -0.2) is 4.39 Å². The molecular formula is C17H15FN2O5. The fourth-order valence-corrected chi connectivity index (χ4v) is 2.01. The zero-order valence-corrected chi connectivity index (χ0v) is 13.5. The van der Waals surface area contributed by atoms with Crippen LogP contribution in [0.2, 0.25) is 0 Å². The van der Waals surface area contributed by atoms with E-state index in [-0.39, 0.29) is 17.0 Å². The summed E-state index contributed by atoms with van der Waals surface area (Å²) in [5.74, 6) is -1.21. The molecule has 7 nitrogen and oxygen atoms in total. The fraction of sp³-hybridized carbons (Fsp3) is 0.176. The van der Waals surface area contributed by atoms with E-state index < -0.39 is 28.4 Å². The Morgan fingerprint density at radius 3 is 2.64 bits per heavy atom. The molecule has 0 radical (unpaired) electrons. The highest BCUT2D eigenvalue weighted by Crippen LogP contribution is 2.28. The van der Waals surface area contributed by atoms with E-state index in [1.54, 1.807) is 6.92 Å². The number of nitro groups is 1. The van der Waals surface area contributed by atoms with Crippen molar-refractivity contribution < 1.29 is 23.6 Å². The first-order valence-electron chi connectivity index (χ1n) is 7.29. The molecular weight excluding hydrogens is 331 g/mol. The molecule has 0 unspecified atom stereocenters. The highest BCUT2D eigenvalue weighted by atomic mass is 19.1. The second-order valence-electron chi connectivity index (χ2n) is 5.32. The summed E-state index contributed by atoms with van der Waals surface area (Å²) in [5.41, 5.74) is 0.374. The van der Waals surface area contributed by atoms with Crippen LogP contribution >= 0.6 is 0 Å². The molecule has 2 aromatic carbocycles. The minimum atomic E-state index is -1.08. The summed E-state index contributed by atoms with van der Waals surface area (Å²) < 4.78 is 18.8. The Hall–Kier alpha value is -3.29. The minimum Gasteiger partial charge on any atom is -0.474 e. The molecule has 0 saturated carbocycles. The van der Waals surface area contributed by atoms with E-state index in [1.807, 2.05) is 0 Å². The Morgan fingerprint density at radius 2 is 2.04 bits per heavy atom. The summed E-state index contributed by atoms with van der Waals surface area (Å²) >= 11 is 0. The van der Waals surface area contributed by atoms with Crippen molar-refractivity contribution in [3.8, 4) is 5.75 Å². The van der Waals surface area contributed by atoms with Crippen LogP contribution in [-0.2, 0) is 4.79 Å². The monoisotopic (exact) mass is 346 g/mol. The third-order valence-electron chi connectivity index (χ3n) is 3.43. The Balaban J connectivity index is 2.14. The number of nitro benzene ring substituents is 1. The fourth-order valence-electron chi connectivity index (χ4n) is 2.01. The second-order valence-corrected chi connectivity index (χ2v) is 5.32. The molecule has 1 atom stereocenters. The van der Waals surface area contributed by atoms with Gasteiger partial charge in [0.25, 0.3) is 5.91 Å². The average molecular weight is 346 g/mol. The third kappa shape index (κ3) is 4.37. The van der Waals surface area contributed by atoms with E-state index in [1.165, 1.54) is 37.3 Å². The van der Waals surface area contributed by atoms with Crippen molar-refractivity contribution in [3.05, 3.63) is 63.5 Å². The highest BCUT2D eigenvalue weighted by Gasteiger charge is 2.22. The van der Waals surface area contributed by atoms with Gasteiger partial charge in [0.2, 0.25) is 0 Å². The largest absolute Gasteiger partial charge is 0.474 e.